The van der Waals surface area contributed by atoms with Crippen molar-refractivity contribution < 1.29 is 14.4 Å². The summed E-state index contributed by atoms with van der Waals surface area (Å²) in [6.45, 7) is 0.727. The Balaban J connectivity index is 1.42. The largest absolute Gasteiger partial charge is 0.356 e. The molecule has 26 heavy (non-hydrogen) atoms. The van der Waals surface area contributed by atoms with E-state index in [2.05, 4.69) is 20.6 Å². The van der Waals surface area contributed by atoms with Crippen LogP contribution in [0.2, 0.25) is 0 Å². The highest BCUT2D eigenvalue weighted by atomic mass is 16.2. The van der Waals surface area contributed by atoms with Crippen LogP contribution in [0.4, 0.5) is 4.79 Å². The zero-order valence-electron chi connectivity index (χ0n) is 14.3. The molecular weight excluding hydrogens is 334 g/mol. The lowest BCUT2D eigenvalue weighted by atomic mass is 10.1. The highest BCUT2D eigenvalue weighted by Gasteiger charge is 2.37. The third-order valence-corrected chi connectivity index (χ3v) is 4.22. The topological polar surface area (TPSA) is 107 Å². The van der Waals surface area contributed by atoms with Gasteiger partial charge in [0.25, 0.3) is 5.91 Å². The number of nitrogens with zero attached hydrogens (tertiary/aromatic N) is 2. The molecule has 1 aliphatic heterocycles. The van der Waals surface area contributed by atoms with Crippen LogP contribution in [0.15, 0.2) is 42.9 Å². The number of rotatable bonds is 8. The maximum absolute atomic E-state index is 12.4. The first-order valence-electron chi connectivity index (χ1n) is 8.53. The number of imide groups is 1. The van der Waals surface area contributed by atoms with Crippen LogP contribution in [0.5, 0.6) is 0 Å². The molecule has 1 atom stereocenters. The van der Waals surface area contributed by atoms with Gasteiger partial charge in [-0.15, -0.1) is 0 Å². The molecule has 0 radical (unpaired) electrons. The molecule has 4 amide bonds. The number of urea groups is 1. The molecule has 1 saturated heterocycles. The molecule has 136 valence electrons. The number of hydrogen-bond acceptors (Lipinski definition) is 4. The molecule has 2 aromatic rings. The highest BCUT2D eigenvalue weighted by Crippen LogP contribution is 2.15. The second-order valence-electron chi connectivity index (χ2n) is 6.13. The molecule has 1 aromatic carbocycles. The monoisotopic (exact) mass is 355 g/mol. The van der Waals surface area contributed by atoms with Gasteiger partial charge in [0.1, 0.15) is 6.04 Å². The van der Waals surface area contributed by atoms with Gasteiger partial charge in [-0.3, -0.25) is 14.5 Å². The van der Waals surface area contributed by atoms with Gasteiger partial charge in [-0.05, 0) is 12.0 Å². The molecule has 0 saturated carbocycles. The number of H-pyrrole nitrogens is 1. The zero-order chi connectivity index (χ0) is 18.4. The smallest absolute Gasteiger partial charge is 0.325 e. The third kappa shape index (κ3) is 4.47. The number of amides is 4. The van der Waals surface area contributed by atoms with E-state index in [4.69, 9.17) is 0 Å². The van der Waals surface area contributed by atoms with E-state index in [-0.39, 0.29) is 31.2 Å². The normalized spacial score (nSPS) is 16.6. The van der Waals surface area contributed by atoms with Crippen molar-refractivity contribution in [3.05, 3.63) is 54.1 Å². The van der Waals surface area contributed by atoms with Crippen molar-refractivity contribution >= 4 is 17.8 Å². The summed E-state index contributed by atoms with van der Waals surface area (Å²) < 4.78 is 0. The van der Waals surface area contributed by atoms with Gasteiger partial charge >= 0.3 is 6.03 Å². The summed E-state index contributed by atoms with van der Waals surface area (Å²) in [7, 11) is 0. The van der Waals surface area contributed by atoms with Crippen molar-refractivity contribution in [3.8, 4) is 0 Å². The van der Waals surface area contributed by atoms with E-state index in [0.717, 1.165) is 11.3 Å². The first kappa shape index (κ1) is 17.7. The van der Waals surface area contributed by atoms with Crippen LogP contribution in [-0.2, 0) is 22.6 Å². The fourth-order valence-corrected chi connectivity index (χ4v) is 2.81. The number of carbonyl (C=O) groups excluding carboxylic acids is 3. The number of benzene rings is 1. The number of nitrogens with one attached hydrogen (secondary N) is 3. The number of aromatic nitrogens is 2. The van der Waals surface area contributed by atoms with Gasteiger partial charge in [0.15, 0.2) is 0 Å². The zero-order valence-corrected chi connectivity index (χ0v) is 14.3. The molecule has 1 aromatic heterocycles. The maximum Gasteiger partial charge on any atom is 0.325 e. The van der Waals surface area contributed by atoms with Crippen LogP contribution in [0.1, 0.15) is 24.1 Å². The Morgan fingerprint density at radius 3 is 2.77 bits per heavy atom. The van der Waals surface area contributed by atoms with Gasteiger partial charge in [-0.2, -0.15) is 0 Å². The van der Waals surface area contributed by atoms with Crippen LogP contribution in [0.3, 0.4) is 0 Å². The number of imidazole rings is 1. The first-order chi connectivity index (χ1) is 12.6. The molecule has 0 bridgehead atoms. The second-order valence-corrected chi connectivity index (χ2v) is 6.13. The molecule has 0 aliphatic carbocycles. The average Bonchev–Trinajstić information content (AvgIpc) is 3.25. The summed E-state index contributed by atoms with van der Waals surface area (Å²) in [4.78, 5) is 44.4. The van der Waals surface area contributed by atoms with Crippen LogP contribution >= 0.6 is 0 Å². The lowest BCUT2D eigenvalue weighted by molar-refractivity contribution is -0.128. The first-order valence-corrected chi connectivity index (χ1v) is 8.53. The quantitative estimate of drug-likeness (QED) is 0.613. The Labute approximate surface area is 151 Å². The van der Waals surface area contributed by atoms with Crippen LogP contribution < -0.4 is 10.6 Å². The van der Waals surface area contributed by atoms with E-state index in [1.807, 2.05) is 30.3 Å². The minimum absolute atomic E-state index is 0.145. The van der Waals surface area contributed by atoms with Crippen LogP contribution in [0, 0.1) is 0 Å². The van der Waals surface area contributed by atoms with Crippen molar-refractivity contribution in [1.29, 1.82) is 0 Å². The summed E-state index contributed by atoms with van der Waals surface area (Å²) in [6, 6.07) is 8.26. The van der Waals surface area contributed by atoms with Gasteiger partial charge in [0, 0.05) is 31.3 Å². The van der Waals surface area contributed by atoms with E-state index >= 15 is 0 Å². The Bertz CT molecular complexity index is 760. The standard InChI is InChI=1S/C18H21N5O3/c24-16(20-9-8-14-10-19-12-21-14)7-6-15-17(25)23(18(26)22-15)11-13-4-2-1-3-5-13/h1-5,10,12,15H,6-9,11H2,(H,19,21)(H,20,24)(H,22,26). The van der Waals surface area contributed by atoms with Gasteiger partial charge < -0.3 is 15.6 Å². The van der Waals surface area contributed by atoms with Crippen molar-refractivity contribution in [2.75, 3.05) is 6.54 Å². The van der Waals surface area contributed by atoms with Gasteiger partial charge in [0.2, 0.25) is 5.91 Å². The molecule has 1 fully saturated rings. The van der Waals surface area contributed by atoms with E-state index in [1.54, 1.807) is 12.5 Å². The van der Waals surface area contributed by atoms with Crippen molar-refractivity contribution in [1.82, 2.24) is 25.5 Å². The predicted octanol–water partition coefficient (Wildman–Crippen LogP) is 0.969. The summed E-state index contributed by atoms with van der Waals surface area (Å²) in [5.41, 5.74) is 1.83. The number of hydrogen-bond donors (Lipinski definition) is 3. The van der Waals surface area contributed by atoms with E-state index < -0.39 is 12.1 Å². The Hall–Kier alpha value is -3.16. The van der Waals surface area contributed by atoms with Gasteiger partial charge in [-0.1, -0.05) is 30.3 Å². The molecule has 0 spiro atoms. The van der Waals surface area contributed by atoms with E-state index in [9.17, 15) is 14.4 Å². The van der Waals surface area contributed by atoms with E-state index in [1.165, 1.54) is 4.90 Å². The minimum Gasteiger partial charge on any atom is -0.356 e. The summed E-state index contributed by atoms with van der Waals surface area (Å²) in [5, 5.41) is 5.45. The summed E-state index contributed by atoms with van der Waals surface area (Å²) >= 11 is 0. The molecule has 8 heteroatoms. The Morgan fingerprint density at radius 2 is 2.04 bits per heavy atom. The Morgan fingerprint density at radius 1 is 1.23 bits per heavy atom. The molecule has 3 rings (SSSR count). The van der Waals surface area contributed by atoms with Crippen molar-refractivity contribution in [3.63, 3.8) is 0 Å². The van der Waals surface area contributed by atoms with Gasteiger partial charge in [-0.25, -0.2) is 9.78 Å². The molecule has 1 unspecified atom stereocenters. The average molecular weight is 355 g/mol. The number of aromatic amines is 1. The lowest BCUT2D eigenvalue weighted by Gasteiger charge is -2.13. The fraction of sp³-hybridized carbons (Fsp3) is 0.333. The van der Waals surface area contributed by atoms with Crippen molar-refractivity contribution in [2.45, 2.75) is 31.8 Å². The van der Waals surface area contributed by atoms with Gasteiger partial charge in [0.05, 0.1) is 12.9 Å². The Kier molecular flexibility index (Phi) is 5.62. The molecular formula is C18H21N5O3. The maximum atomic E-state index is 12.4. The fourth-order valence-electron chi connectivity index (χ4n) is 2.81. The SMILES string of the molecule is O=C(CCC1NC(=O)N(Cc2ccccc2)C1=O)NCCc1cnc[nH]1. The third-order valence-electron chi connectivity index (χ3n) is 4.22. The molecule has 8 nitrogen and oxygen atoms in total. The molecule has 1 aliphatic rings. The highest BCUT2D eigenvalue weighted by molar-refractivity contribution is 6.04. The second kappa shape index (κ2) is 8.28. The summed E-state index contributed by atoms with van der Waals surface area (Å²) in [5.74, 6) is -0.433. The molecule has 2 heterocycles. The predicted molar refractivity (Wildman–Crippen MR) is 93.8 cm³/mol. The summed E-state index contributed by atoms with van der Waals surface area (Å²) in [6.07, 6.45) is 4.42. The van der Waals surface area contributed by atoms with Crippen LogP contribution in [0.25, 0.3) is 0 Å². The van der Waals surface area contributed by atoms with Crippen LogP contribution in [-0.4, -0.2) is 45.3 Å². The lowest BCUT2D eigenvalue weighted by Crippen LogP contribution is -2.33. The van der Waals surface area contributed by atoms with Crippen molar-refractivity contribution in [2.24, 2.45) is 0 Å². The number of carbonyl (C=O) groups is 3. The molecule has 3 N–H and O–H groups in total. The minimum atomic E-state index is -0.649. The van der Waals surface area contributed by atoms with E-state index in [0.29, 0.717) is 13.0 Å².